The lowest BCUT2D eigenvalue weighted by molar-refractivity contribution is 0.405. The minimum Gasteiger partial charge on any atom is -0.361 e. The molecule has 0 fully saturated rings. The molecule has 0 saturated heterocycles. The summed E-state index contributed by atoms with van der Waals surface area (Å²) in [7, 11) is 4.12. The molecule has 0 radical (unpaired) electrons. The van der Waals surface area contributed by atoms with Crippen LogP contribution in [0.2, 0.25) is 0 Å². The molecule has 8 heteroatoms. The van der Waals surface area contributed by atoms with Crippen molar-refractivity contribution in [1.29, 1.82) is 0 Å². The summed E-state index contributed by atoms with van der Waals surface area (Å²) in [5, 5.41) is 6.61. The van der Waals surface area contributed by atoms with E-state index < -0.39 is 0 Å². The van der Waals surface area contributed by atoms with Gasteiger partial charge in [0.25, 0.3) is 5.56 Å². The molecule has 3 aromatic heterocycles. The first-order chi connectivity index (χ1) is 11.1. The van der Waals surface area contributed by atoms with E-state index >= 15 is 0 Å². The summed E-state index contributed by atoms with van der Waals surface area (Å²) in [4.78, 5) is 29.7. The fourth-order valence-electron chi connectivity index (χ4n) is 2.24. The molecule has 0 aliphatic heterocycles. The van der Waals surface area contributed by atoms with Crippen LogP contribution in [0, 0.1) is 0 Å². The van der Waals surface area contributed by atoms with Gasteiger partial charge in [-0.15, -0.1) is 11.3 Å². The minimum atomic E-state index is -0.170. The average molecular weight is 330 g/mol. The van der Waals surface area contributed by atoms with Gasteiger partial charge in [0, 0.05) is 18.1 Å². The largest absolute Gasteiger partial charge is 0.361 e. The van der Waals surface area contributed by atoms with Crippen molar-refractivity contribution >= 4 is 27.4 Å². The Kier molecular flexibility index (Phi) is 4.63. The summed E-state index contributed by atoms with van der Waals surface area (Å²) in [6.45, 7) is 1.90. The number of pyridine rings is 1. The van der Waals surface area contributed by atoms with Crippen LogP contribution in [-0.4, -0.2) is 52.0 Å². The van der Waals surface area contributed by atoms with Crippen LogP contribution in [0.15, 0.2) is 28.8 Å². The lowest BCUT2D eigenvalue weighted by atomic mass is 10.2. The number of rotatable bonds is 6. The number of H-pyrrole nitrogens is 1. The molecule has 2 N–H and O–H groups in total. The maximum Gasteiger partial charge on any atom is 0.258 e. The van der Waals surface area contributed by atoms with Gasteiger partial charge in [-0.25, -0.2) is 9.97 Å². The molecule has 0 amide bonds. The summed E-state index contributed by atoms with van der Waals surface area (Å²) >= 11 is 1.53. The molecule has 0 unspecified atom stereocenters. The van der Waals surface area contributed by atoms with Crippen molar-refractivity contribution in [2.24, 2.45) is 0 Å². The number of nitrogens with zero attached hydrogens (tertiary/aromatic N) is 4. The number of aromatic amines is 1. The molecule has 0 aliphatic rings. The lowest BCUT2D eigenvalue weighted by Crippen LogP contribution is -2.16. The standard InChI is InChI=1S/C15H18N6OS/c1-21(2)7-3-5-17-15-20-11(8-23-15)13-12-10(4-6-16-13)14(22)19-9-18-12/h4,6,8-9H,3,5,7H2,1-2H3,(H,17,20)(H,18,19,22). The molecule has 3 aromatic rings. The topological polar surface area (TPSA) is 86.8 Å². The fraction of sp³-hybridized carbons (Fsp3) is 0.333. The van der Waals surface area contributed by atoms with Gasteiger partial charge in [-0.05, 0) is 33.1 Å². The number of nitrogens with one attached hydrogen (secondary N) is 2. The summed E-state index contributed by atoms with van der Waals surface area (Å²) in [6.07, 6.45) is 4.05. The van der Waals surface area contributed by atoms with Gasteiger partial charge in [0.1, 0.15) is 16.9 Å². The highest BCUT2D eigenvalue weighted by molar-refractivity contribution is 7.14. The zero-order valence-corrected chi connectivity index (χ0v) is 13.9. The number of anilines is 1. The van der Waals surface area contributed by atoms with Gasteiger partial charge in [-0.3, -0.25) is 9.78 Å². The highest BCUT2D eigenvalue weighted by Gasteiger charge is 2.12. The van der Waals surface area contributed by atoms with E-state index in [0.717, 1.165) is 30.3 Å². The SMILES string of the molecule is CN(C)CCCNc1nc(-c2nccc3c(=O)[nH]cnc23)cs1. The molecule has 7 nitrogen and oxygen atoms in total. The van der Waals surface area contributed by atoms with Crippen LogP contribution < -0.4 is 10.9 Å². The van der Waals surface area contributed by atoms with E-state index in [4.69, 9.17) is 0 Å². The third-order valence-corrected chi connectivity index (χ3v) is 4.16. The van der Waals surface area contributed by atoms with E-state index in [1.54, 1.807) is 12.3 Å². The Morgan fingerprint density at radius 3 is 3.04 bits per heavy atom. The van der Waals surface area contributed by atoms with Gasteiger partial charge in [0.2, 0.25) is 0 Å². The summed E-state index contributed by atoms with van der Waals surface area (Å²) in [6, 6.07) is 1.66. The molecule has 3 rings (SSSR count). The minimum absolute atomic E-state index is 0.170. The van der Waals surface area contributed by atoms with Crippen molar-refractivity contribution in [2.45, 2.75) is 6.42 Å². The van der Waals surface area contributed by atoms with E-state index in [0.29, 0.717) is 16.6 Å². The van der Waals surface area contributed by atoms with E-state index in [-0.39, 0.29) is 5.56 Å². The van der Waals surface area contributed by atoms with Crippen LogP contribution in [0.5, 0.6) is 0 Å². The second-order valence-corrected chi connectivity index (χ2v) is 6.27. The number of thiazole rings is 1. The quantitative estimate of drug-likeness (QED) is 0.670. The van der Waals surface area contributed by atoms with E-state index in [2.05, 4.69) is 44.2 Å². The van der Waals surface area contributed by atoms with Gasteiger partial charge in [0.05, 0.1) is 11.7 Å². The molecular weight excluding hydrogens is 312 g/mol. The average Bonchev–Trinajstić information content (AvgIpc) is 3.00. The van der Waals surface area contributed by atoms with Gasteiger partial charge in [-0.2, -0.15) is 0 Å². The third kappa shape index (κ3) is 3.54. The molecule has 3 heterocycles. The van der Waals surface area contributed by atoms with Crippen molar-refractivity contribution in [3.05, 3.63) is 34.3 Å². The number of hydrogen-bond acceptors (Lipinski definition) is 7. The Hall–Kier alpha value is -2.32. The zero-order valence-electron chi connectivity index (χ0n) is 13.0. The Bertz CT molecular complexity index is 856. The molecule has 23 heavy (non-hydrogen) atoms. The van der Waals surface area contributed by atoms with Crippen molar-refractivity contribution in [3.8, 4) is 11.4 Å². The Morgan fingerprint density at radius 1 is 1.35 bits per heavy atom. The van der Waals surface area contributed by atoms with Crippen molar-refractivity contribution in [3.63, 3.8) is 0 Å². The predicted molar refractivity (Wildman–Crippen MR) is 92.9 cm³/mol. The first-order valence-electron chi connectivity index (χ1n) is 7.32. The number of aromatic nitrogens is 4. The fourth-order valence-corrected chi connectivity index (χ4v) is 2.97. The van der Waals surface area contributed by atoms with Crippen molar-refractivity contribution in [2.75, 3.05) is 32.5 Å². The lowest BCUT2D eigenvalue weighted by Gasteiger charge is -2.08. The smallest absolute Gasteiger partial charge is 0.258 e. The molecule has 0 saturated carbocycles. The molecular formula is C15H18N6OS. The molecule has 120 valence electrons. The van der Waals surface area contributed by atoms with Crippen LogP contribution in [0.25, 0.3) is 22.3 Å². The van der Waals surface area contributed by atoms with Crippen LogP contribution in [-0.2, 0) is 0 Å². The van der Waals surface area contributed by atoms with Crippen LogP contribution in [0.1, 0.15) is 6.42 Å². The summed E-state index contributed by atoms with van der Waals surface area (Å²) < 4.78 is 0. The van der Waals surface area contributed by atoms with Crippen LogP contribution >= 0.6 is 11.3 Å². The first kappa shape index (κ1) is 15.6. The van der Waals surface area contributed by atoms with Crippen LogP contribution in [0.3, 0.4) is 0 Å². The van der Waals surface area contributed by atoms with Crippen molar-refractivity contribution in [1.82, 2.24) is 24.8 Å². The molecule has 0 spiro atoms. The number of hydrogen-bond donors (Lipinski definition) is 2. The highest BCUT2D eigenvalue weighted by atomic mass is 32.1. The second kappa shape index (κ2) is 6.84. The molecule has 0 aromatic carbocycles. The Morgan fingerprint density at radius 2 is 2.22 bits per heavy atom. The summed E-state index contributed by atoms with van der Waals surface area (Å²) in [5.41, 5.74) is 1.76. The van der Waals surface area contributed by atoms with Crippen molar-refractivity contribution < 1.29 is 0 Å². The van der Waals surface area contributed by atoms with Gasteiger partial charge in [-0.1, -0.05) is 0 Å². The number of fused-ring (bicyclic) bond motifs is 1. The maximum absolute atomic E-state index is 11.8. The third-order valence-electron chi connectivity index (χ3n) is 3.36. The van der Waals surface area contributed by atoms with Gasteiger partial charge < -0.3 is 15.2 Å². The van der Waals surface area contributed by atoms with Gasteiger partial charge in [0.15, 0.2) is 5.13 Å². The normalized spacial score (nSPS) is 11.3. The van der Waals surface area contributed by atoms with Crippen LogP contribution in [0.4, 0.5) is 5.13 Å². The van der Waals surface area contributed by atoms with E-state index in [1.807, 2.05) is 5.38 Å². The summed E-state index contributed by atoms with van der Waals surface area (Å²) in [5.74, 6) is 0. The Labute approximate surface area is 137 Å². The second-order valence-electron chi connectivity index (χ2n) is 5.41. The zero-order chi connectivity index (χ0) is 16.2. The maximum atomic E-state index is 11.8. The highest BCUT2D eigenvalue weighted by Crippen LogP contribution is 2.26. The first-order valence-corrected chi connectivity index (χ1v) is 8.20. The van der Waals surface area contributed by atoms with E-state index in [9.17, 15) is 4.79 Å². The molecule has 0 atom stereocenters. The van der Waals surface area contributed by atoms with E-state index in [1.165, 1.54) is 17.7 Å². The predicted octanol–water partition coefficient (Wildman–Crippen LogP) is 1.81. The van der Waals surface area contributed by atoms with Gasteiger partial charge >= 0.3 is 0 Å². The molecule has 0 aliphatic carbocycles. The molecule has 0 bridgehead atoms. The Balaban J connectivity index is 1.81. The monoisotopic (exact) mass is 330 g/mol.